The van der Waals surface area contributed by atoms with E-state index in [9.17, 15) is 9.18 Å². The Morgan fingerprint density at radius 3 is 2.94 bits per heavy atom. The fraction of sp³-hybridized carbons (Fsp3) is 0. The van der Waals surface area contributed by atoms with Gasteiger partial charge in [-0.2, -0.15) is 9.61 Å². The summed E-state index contributed by atoms with van der Waals surface area (Å²) in [5, 5.41) is 3.79. The van der Waals surface area contributed by atoms with Gasteiger partial charge in [-0.15, -0.1) is 0 Å². The van der Waals surface area contributed by atoms with Crippen LogP contribution in [0.3, 0.4) is 0 Å². The van der Waals surface area contributed by atoms with E-state index < -0.39 is 0 Å². The summed E-state index contributed by atoms with van der Waals surface area (Å²) in [6.07, 6.45) is 2.83. The van der Waals surface area contributed by atoms with E-state index in [1.165, 1.54) is 34.3 Å². The van der Waals surface area contributed by atoms with Gasteiger partial charge in [-0.3, -0.25) is 4.79 Å². The predicted molar refractivity (Wildman–Crippen MR) is 62.3 cm³/mol. The van der Waals surface area contributed by atoms with Crippen LogP contribution < -0.4 is 10.1 Å². The fourth-order valence-electron chi connectivity index (χ4n) is 1.51. The third-order valence-corrected chi connectivity index (χ3v) is 3.29. The number of fused-ring (bicyclic) bond motifs is 1. The second-order valence-corrected chi connectivity index (χ2v) is 4.40. The van der Waals surface area contributed by atoms with Crippen molar-refractivity contribution in [3.05, 3.63) is 56.9 Å². The van der Waals surface area contributed by atoms with Crippen molar-refractivity contribution in [1.29, 1.82) is 0 Å². The Morgan fingerprint density at radius 2 is 2.18 bits per heavy atom. The highest BCUT2D eigenvalue weighted by Gasteiger charge is 2.05. The zero-order valence-corrected chi connectivity index (χ0v) is 9.32. The maximum absolute atomic E-state index is 13.4. The Balaban J connectivity index is 2.28. The molecular weight excluding hydrogens is 241 g/mol. The molecule has 84 valence electrons. The molecule has 3 aromatic rings. The number of aromatic nitrogens is 3. The van der Waals surface area contributed by atoms with Crippen LogP contribution >= 0.6 is 11.3 Å². The summed E-state index contributed by atoms with van der Waals surface area (Å²) in [7, 11) is 0. The molecule has 0 N–H and O–H groups in total. The third kappa shape index (κ3) is 1.62. The van der Waals surface area contributed by atoms with Gasteiger partial charge in [0.1, 0.15) is 12.1 Å². The van der Waals surface area contributed by atoms with Crippen LogP contribution in [-0.2, 0) is 0 Å². The van der Waals surface area contributed by atoms with Crippen LogP contribution in [0.2, 0.25) is 0 Å². The van der Waals surface area contributed by atoms with Crippen molar-refractivity contribution < 1.29 is 4.39 Å². The SMILES string of the molecule is O=c1c(=Cc2ccccc2F)sc2ncnn12. The second kappa shape index (κ2) is 3.74. The van der Waals surface area contributed by atoms with Gasteiger partial charge in [0.2, 0.25) is 4.96 Å². The number of hydrogen-bond donors (Lipinski definition) is 0. The number of thiazole rings is 1. The number of benzene rings is 1. The molecule has 0 atom stereocenters. The molecule has 2 aromatic heterocycles. The first-order valence-electron chi connectivity index (χ1n) is 4.84. The number of rotatable bonds is 1. The molecule has 0 amide bonds. The van der Waals surface area contributed by atoms with Crippen LogP contribution in [0.15, 0.2) is 35.4 Å². The molecule has 4 nitrogen and oxygen atoms in total. The number of halogens is 1. The van der Waals surface area contributed by atoms with E-state index in [0.717, 1.165) is 0 Å². The van der Waals surface area contributed by atoms with Gasteiger partial charge >= 0.3 is 0 Å². The molecule has 3 rings (SSSR count). The Bertz CT molecular complexity index is 793. The molecule has 17 heavy (non-hydrogen) atoms. The molecule has 0 saturated heterocycles. The Hall–Kier alpha value is -2.08. The van der Waals surface area contributed by atoms with Crippen molar-refractivity contribution in [1.82, 2.24) is 14.6 Å². The highest BCUT2D eigenvalue weighted by molar-refractivity contribution is 7.15. The van der Waals surface area contributed by atoms with E-state index in [0.29, 0.717) is 15.1 Å². The van der Waals surface area contributed by atoms with Gasteiger partial charge in [-0.25, -0.2) is 9.37 Å². The van der Waals surface area contributed by atoms with Crippen molar-refractivity contribution in [2.45, 2.75) is 0 Å². The summed E-state index contributed by atoms with van der Waals surface area (Å²) in [6, 6.07) is 6.29. The van der Waals surface area contributed by atoms with E-state index in [1.807, 2.05) is 0 Å². The Labute approximate surface area is 98.7 Å². The molecule has 0 fully saturated rings. The van der Waals surface area contributed by atoms with E-state index in [2.05, 4.69) is 10.1 Å². The maximum atomic E-state index is 13.4. The first-order valence-corrected chi connectivity index (χ1v) is 5.66. The minimum Gasteiger partial charge on any atom is -0.266 e. The first kappa shape index (κ1) is 10.1. The fourth-order valence-corrected chi connectivity index (χ4v) is 2.38. The van der Waals surface area contributed by atoms with Gasteiger partial charge < -0.3 is 0 Å². The van der Waals surface area contributed by atoms with Gasteiger partial charge in [-0.1, -0.05) is 29.5 Å². The average Bonchev–Trinajstić information content (AvgIpc) is 2.87. The van der Waals surface area contributed by atoms with Crippen molar-refractivity contribution in [2.75, 3.05) is 0 Å². The molecule has 1 aromatic carbocycles. The monoisotopic (exact) mass is 247 g/mol. The topological polar surface area (TPSA) is 47.3 Å². The van der Waals surface area contributed by atoms with Crippen molar-refractivity contribution >= 4 is 22.4 Å². The van der Waals surface area contributed by atoms with E-state index in [-0.39, 0.29) is 11.4 Å². The molecule has 0 spiro atoms. The second-order valence-electron chi connectivity index (χ2n) is 3.39. The zero-order valence-electron chi connectivity index (χ0n) is 8.50. The molecule has 0 radical (unpaired) electrons. The van der Waals surface area contributed by atoms with Gasteiger partial charge in [-0.05, 0) is 12.1 Å². The minimum absolute atomic E-state index is 0.272. The molecule has 2 heterocycles. The summed E-state index contributed by atoms with van der Waals surface area (Å²) < 4.78 is 15.0. The summed E-state index contributed by atoms with van der Waals surface area (Å²) in [5.74, 6) is -0.356. The molecule has 0 unspecified atom stereocenters. The minimum atomic E-state index is -0.356. The molecule has 0 saturated carbocycles. The van der Waals surface area contributed by atoms with Crippen LogP contribution in [-0.4, -0.2) is 14.6 Å². The van der Waals surface area contributed by atoms with Crippen LogP contribution in [0.4, 0.5) is 4.39 Å². The standard InChI is InChI=1S/C11H6FN3OS/c12-8-4-2-1-3-7(8)5-9-10(16)15-11(17-9)13-6-14-15/h1-6H. The summed E-state index contributed by atoms with van der Waals surface area (Å²) in [6.45, 7) is 0. The van der Waals surface area contributed by atoms with Crippen molar-refractivity contribution in [2.24, 2.45) is 0 Å². The molecule has 6 heteroatoms. The van der Waals surface area contributed by atoms with Crippen LogP contribution in [0, 0.1) is 5.82 Å². The van der Waals surface area contributed by atoms with Crippen LogP contribution in [0.5, 0.6) is 0 Å². The molecule has 0 aliphatic heterocycles. The normalized spacial score (nSPS) is 12.4. The number of nitrogens with zero attached hydrogens (tertiary/aromatic N) is 3. The lowest BCUT2D eigenvalue weighted by atomic mass is 10.2. The largest absolute Gasteiger partial charge is 0.291 e. The van der Waals surface area contributed by atoms with Gasteiger partial charge in [0, 0.05) is 5.56 Å². The van der Waals surface area contributed by atoms with Gasteiger partial charge in [0.15, 0.2) is 0 Å². The lowest BCUT2D eigenvalue weighted by Gasteiger charge is -1.92. The molecule has 0 aliphatic rings. The van der Waals surface area contributed by atoms with Crippen molar-refractivity contribution in [3.8, 4) is 0 Å². The van der Waals surface area contributed by atoms with Crippen LogP contribution in [0.1, 0.15) is 5.56 Å². The summed E-state index contributed by atoms with van der Waals surface area (Å²) >= 11 is 1.19. The first-order chi connectivity index (χ1) is 8.25. The highest BCUT2D eigenvalue weighted by atomic mass is 32.1. The summed E-state index contributed by atoms with van der Waals surface area (Å²) in [5.41, 5.74) is 0.111. The van der Waals surface area contributed by atoms with Gasteiger partial charge in [0.25, 0.3) is 5.56 Å². The Morgan fingerprint density at radius 1 is 1.35 bits per heavy atom. The lowest BCUT2D eigenvalue weighted by Crippen LogP contribution is -2.23. The molecule has 0 bridgehead atoms. The van der Waals surface area contributed by atoms with Crippen molar-refractivity contribution in [3.63, 3.8) is 0 Å². The Kier molecular flexibility index (Phi) is 2.22. The van der Waals surface area contributed by atoms with Crippen LogP contribution in [0.25, 0.3) is 11.0 Å². The van der Waals surface area contributed by atoms with Gasteiger partial charge in [0.05, 0.1) is 4.53 Å². The smallest absolute Gasteiger partial charge is 0.266 e. The predicted octanol–water partition coefficient (Wildman–Crippen LogP) is 0.838. The zero-order chi connectivity index (χ0) is 11.8. The molecule has 0 aliphatic carbocycles. The van der Waals surface area contributed by atoms with E-state index in [4.69, 9.17) is 0 Å². The maximum Gasteiger partial charge on any atom is 0.291 e. The third-order valence-electron chi connectivity index (χ3n) is 2.31. The highest BCUT2D eigenvalue weighted by Crippen LogP contribution is 2.07. The summed E-state index contributed by atoms with van der Waals surface area (Å²) in [4.78, 5) is 16.3. The average molecular weight is 247 g/mol. The van der Waals surface area contributed by atoms with E-state index in [1.54, 1.807) is 18.2 Å². The molecular formula is C11H6FN3OS. The van der Waals surface area contributed by atoms with E-state index >= 15 is 0 Å². The quantitative estimate of drug-likeness (QED) is 0.640. The lowest BCUT2D eigenvalue weighted by molar-refractivity contribution is 0.625. The number of hydrogen-bond acceptors (Lipinski definition) is 4.